The molecule has 1 aliphatic heterocycles. The Labute approximate surface area is 155 Å². The molecular formula is C20H20BrNOS. The maximum atomic E-state index is 12.8. The fourth-order valence-electron chi connectivity index (χ4n) is 3.92. The Morgan fingerprint density at radius 3 is 2.71 bits per heavy atom. The summed E-state index contributed by atoms with van der Waals surface area (Å²) in [5.74, 6) is 0.778. The van der Waals surface area contributed by atoms with E-state index in [0.717, 1.165) is 29.4 Å². The molecule has 4 heteroatoms. The molecule has 1 amide bonds. The Kier molecular flexibility index (Phi) is 4.21. The number of halogens is 1. The Balaban J connectivity index is 1.90. The summed E-state index contributed by atoms with van der Waals surface area (Å²) in [6.45, 7) is 2.14. The molecule has 0 aromatic heterocycles. The van der Waals surface area contributed by atoms with Crippen LogP contribution in [0.25, 0.3) is 0 Å². The maximum absolute atomic E-state index is 12.8. The number of amides is 1. The van der Waals surface area contributed by atoms with Crippen LogP contribution < -0.4 is 4.90 Å². The fourth-order valence-corrected chi connectivity index (χ4v) is 5.65. The molecule has 124 valence electrons. The van der Waals surface area contributed by atoms with Crippen molar-refractivity contribution in [3.63, 3.8) is 0 Å². The zero-order chi connectivity index (χ0) is 16.7. The molecule has 1 unspecified atom stereocenters. The van der Waals surface area contributed by atoms with Crippen molar-refractivity contribution in [2.24, 2.45) is 0 Å². The molecule has 0 radical (unpaired) electrons. The van der Waals surface area contributed by atoms with Gasteiger partial charge >= 0.3 is 0 Å². The van der Waals surface area contributed by atoms with Gasteiger partial charge in [0.05, 0.1) is 5.75 Å². The van der Waals surface area contributed by atoms with Crippen LogP contribution in [-0.2, 0) is 16.1 Å². The minimum atomic E-state index is -0.247. The third kappa shape index (κ3) is 2.60. The predicted molar refractivity (Wildman–Crippen MR) is 104 cm³/mol. The van der Waals surface area contributed by atoms with E-state index in [4.69, 9.17) is 0 Å². The van der Waals surface area contributed by atoms with E-state index in [1.165, 1.54) is 23.1 Å². The summed E-state index contributed by atoms with van der Waals surface area (Å²) in [7, 11) is 0. The van der Waals surface area contributed by atoms with Gasteiger partial charge in [0, 0.05) is 10.2 Å². The summed E-state index contributed by atoms with van der Waals surface area (Å²) in [6.07, 6.45) is 4.48. The van der Waals surface area contributed by atoms with Crippen LogP contribution in [0, 0.1) is 6.92 Å². The molecule has 2 aromatic carbocycles. The summed E-state index contributed by atoms with van der Waals surface area (Å²) < 4.78 is 1.04. The molecule has 1 atom stereocenters. The molecule has 2 aliphatic rings. The SMILES string of the molecule is Cc1ccc2c(c1)C1(CCCC2)SCC(=O)N1c1ccc(Br)cc1. The number of nitrogens with zero attached hydrogens (tertiary/aromatic N) is 1. The quantitative estimate of drug-likeness (QED) is 0.635. The first-order valence-electron chi connectivity index (χ1n) is 8.43. The van der Waals surface area contributed by atoms with Crippen molar-refractivity contribution in [2.45, 2.75) is 37.5 Å². The second-order valence-electron chi connectivity index (χ2n) is 6.65. The number of benzene rings is 2. The van der Waals surface area contributed by atoms with Crippen LogP contribution >= 0.6 is 27.7 Å². The molecular weight excluding hydrogens is 382 g/mol. The molecule has 1 fully saturated rings. The highest BCUT2D eigenvalue weighted by molar-refractivity contribution is 9.10. The predicted octanol–water partition coefficient (Wildman–Crippen LogP) is 5.42. The topological polar surface area (TPSA) is 20.3 Å². The third-order valence-electron chi connectivity index (χ3n) is 5.03. The van der Waals surface area contributed by atoms with Crippen molar-refractivity contribution >= 4 is 39.3 Å². The average Bonchev–Trinajstić information content (AvgIpc) is 2.80. The number of carbonyl (C=O) groups is 1. The van der Waals surface area contributed by atoms with E-state index in [1.807, 2.05) is 23.9 Å². The highest BCUT2D eigenvalue weighted by Crippen LogP contribution is 2.53. The van der Waals surface area contributed by atoms with Gasteiger partial charge in [-0.05, 0) is 68.0 Å². The first-order chi connectivity index (χ1) is 11.6. The number of thioether (sulfide) groups is 1. The molecule has 2 nitrogen and oxygen atoms in total. The van der Waals surface area contributed by atoms with Gasteiger partial charge in [0.2, 0.25) is 5.91 Å². The van der Waals surface area contributed by atoms with Crippen LogP contribution in [0.15, 0.2) is 46.9 Å². The van der Waals surface area contributed by atoms with Crippen LogP contribution in [-0.4, -0.2) is 11.7 Å². The smallest absolute Gasteiger partial charge is 0.238 e. The van der Waals surface area contributed by atoms with Crippen molar-refractivity contribution in [3.8, 4) is 0 Å². The van der Waals surface area contributed by atoms with Gasteiger partial charge in [0.15, 0.2) is 0 Å². The van der Waals surface area contributed by atoms with Gasteiger partial charge in [-0.2, -0.15) is 0 Å². The summed E-state index contributed by atoms with van der Waals surface area (Å²) in [5.41, 5.74) is 5.02. The van der Waals surface area contributed by atoms with E-state index < -0.39 is 0 Å². The van der Waals surface area contributed by atoms with Crippen molar-refractivity contribution in [1.29, 1.82) is 0 Å². The molecule has 2 aromatic rings. The second-order valence-corrected chi connectivity index (χ2v) is 8.81. The zero-order valence-electron chi connectivity index (χ0n) is 13.7. The monoisotopic (exact) mass is 401 g/mol. The molecule has 0 N–H and O–H groups in total. The Bertz CT molecular complexity index is 789. The van der Waals surface area contributed by atoms with Crippen molar-refractivity contribution in [3.05, 3.63) is 63.6 Å². The molecule has 0 saturated carbocycles. The van der Waals surface area contributed by atoms with Crippen LogP contribution in [0.2, 0.25) is 0 Å². The molecule has 1 spiro atoms. The number of aryl methyl sites for hydroxylation is 2. The fraction of sp³-hybridized carbons (Fsp3) is 0.350. The largest absolute Gasteiger partial charge is 0.292 e. The van der Waals surface area contributed by atoms with Crippen molar-refractivity contribution < 1.29 is 4.79 Å². The van der Waals surface area contributed by atoms with Gasteiger partial charge in [-0.25, -0.2) is 0 Å². The lowest BCUT2D eigenvalue weighted by Gasteiger charge is -2.38. The van der Waals surface area contributed by atoms with Crippen LogP contribution in [0.5, 0.6) is 0 Å². The second kappa shape index (κ2) is 6.23. The summed E-state index contributed by atoms with van der Waals surface area (Å²) in [4.78, 5) is 14.6. The summed E-state index contributed by atoms with van der Waals surface area (Å²) in [5, 5.41) is 0. The van der Waals surface area contributed by atoms with E-state index >= 15 is 0 Å². The molecule has 1 saturated heterocycles. The van der Waals surface area contributed by atoms with Gasteiger partial charge in [0.1, 0.15) is 4.87 Å². The van der Waals surface area contributed by atoms with Gasteiger partial charge in [-0.15, -0.1) is 11.8 Å². The van der Waals surface area contributed by atoms with E-state index in [-0.39, 0.29) is 10.8 Å². The van der Waals surface area contributed by atoms with Crippen molar-refractivity contribution in [1.82, 2.24) is 0 Å². The number of fused-ring (bicyclic) bond motifs is 2. The lowest BCUT2D eigenvalue weighted by atomic mass is 9.94. The molecule has 24 heavy (non-hydrogen) atoms. The van der Waals surface area contributed by atoms with Crippen LogP contribution in [0.1, 0.15) is 36.0 Å². The van der Waals surface area contributed by atoms with E-state index in [1.54, 1.807) is 0 Å². The number of anilines is 1. The summed E-state index contributed by atoms with van der Waals surface area (Å²) in [6, 6.07) is 14.9. The minimum absolute atomic E-state index is 0.219. The summed E-state index contributed by atoms with van der Waals surface area (Å²) >= 11 is 5.31. The van der Waals surface area contributed by atoms with Crippen LogP contribution in [0.3, 0.4) is 0 Å². The van der Waals surface area contributed by atoms with E-state index in [0.29, 0.717) is 5.75 Å². The van der Waals surface area contributed by atoms with Crippen molar-refractivity contribution in [2.75, 3.05) is 10.7 Å². The number of hydrogen-bond acceptors (Lipinski definition) is 2. The molecule has 0 bridgehead atoms. The van der Waals surface area contributed by atoms with E-state index in [2.05, 4.69) is 58.1 Å². The zero-order valence-corrected chi connectivity index (χ0v) is 16.1. The lowest BCUT2D eigenvalue weighted by Crippen LogP contribution is -2.42. The van der Waals surface area contributed by atoms with Crippen LogP contribution in [0.4, 0.5) is 5.69 Å². The first kappa shape index (κ1) is 16.2. The normalized spacial score (nSPS) is 23.4. The molecule has 1 aliphatic carbocycles. The number of carbonyl (C=O) groups excluding carboxylic acids is 1. The third-order valence-corrected chi connectivity index (χ3v) is 7.03. The van der Waals surface area contributed by atoms with Gasteiger partial charge in [-0.3, -0.25) is 9.69 Å². The first-order valence-corrected chi connectivity index (χ1v) is 10.2. The Hall–Kier alpha value is -1.26. The number of rotatable bonds is 1. The van der Waals surface area contributed by atoms with E-state index in [9.17, 15) is 4.79 Å². The minimum Gasteiger partial charge on any atom is -0.292 e. The molecule has 4 rings (SSSR count). The standard InChI is InChI=1S/C20H20BrNOS/c1-14-5-6-15-4-2-3-11-20(18(15)12-14)22(19(23)13-24-20)17-9-7-16(21)8-10-17/h5-10,12H,2-4,11,13H2,1H3. The Morgan fingerprint density at radius 1 is 1.12 bits per heavy atom. The molecule has 1 heterocycles. The lowest BCUT2D eigenvalue weighted by molar-refractivity contribution is -0.116. The van der Waals surface area contributed by atoms with Gasteiger partial charge in [0.25, 0.3) is 0 Å². The van der Waals surface area contributed by atoms with Gasteiger partial charge in [-0.1, -0.05) is 39.7 Å². The highest BCUT2D eigenvalue weighted by Gasteiger charge is 2.49. The Morgan fingerprint density at radius 2 is 1.92 bits per heavy atom. The maximum Gasteiger partial charge on any atom is 0.238 e. The number of hydrogen-bond donors (Lipinski definition) is 0. The van der Waals surface area contributed by atoms with Gasteiger partial charge < -0.3 is 0 Å². The highest BCUT2D eigenvalue weighted by atomic mass is 79.9. The average molecular weight is 402 g/mol.